The summed E-state index contributed by atoms with van der Waals surface area (Å²) in [6.45, 7) is 5.84. The minimum Gasteiger partial charge on any atom is -0.349 e. The van der Waals surface area contributed by atoms with E-state index < -0.39 is 0 Å². The summed E-state index contributed by atoms with van der Waals surface area (Å²) in [6, 6.07) is 10.2. The van der Waals surface area contributed by atoms with Gasteiger partial charge in [-0.25, -0.2) is 0 Å². The minimum atomic E-state index is -0.0219. The van der Waals surface area contributed by atoms with Crippen molar-refractivity contribution in [3.8, 4) is 0 Å². The molecule has 1 fully saturated rings. The van der Waals surface area contributed by atoms with Gasteiger partial charge in [0.25, 0.3) is 0 Å². The van der Waals surface area contributed by atoms with Crippen molar-refractivity contribution in [2.45, 2.75) is 18.9 Å². The predicted molar refractivity (Wildman–Crippen MR) is 55.9 cm³/mol. The number of carbonyl (C=O) groups is 1. The van der Waals surface area contributed by atoms with Crippen molar-refractivity contribution in [2.75, 3.05) is 0 Å². The summed E-state index contributed by atoms with van der Waals surface area (Å²) in [4.78, 5) is 11.4. The maximum Gasteiger partial charge on any atom is 0.247 e. The fourth-order valence-corrected chi connectivity index (χ4v) is 1.98. The van der Waals surface area contributed by atoms with Gasteiger partial charge in [-0.05, 0) is 12.5 Å². The molecule has 72 valence electrons. The van der Waals surface area contributed by atoms with Gasteiger partial charge in [0.2, 0.25) is 5.91 Å². The fraction of sp³-hybridized carbons (Fsp3) is 0.250. The lowest BCUT2D eigenvalue weighted by Crippen LogP contribution is -2.24. The van der Waals surface area contributed by atoms with E-state index in [1.807, 2.05) is 37.3 Å². The van der Waals surface area contributed by atoms with Gasteiger partial charge in [0.15, 0.2) is 0 Å². The van der Waals surface area contributed by atoms with Crippen LogP contribution in [0.2, 0.25) is 0 Å². The molecule has 0 aromatic heterocycles. The van der Waals surface area contributed by atoms with Crippen LogP contribution in [0.3, 0.4) is 0 Å². The quantitative estimate of drug-likeness (QED) is 0.668. The smallest absolute Gasteiger partial charge is 0.247 e. The molecule has 1 aromatic rings. The molecule has 1 saturated heterocycles. The molecule has 2 rings (SSSR count). The molecule has 0 spiro atoms. The number of carbonyl (C=O) groups excluding carboxylic acids is 1. The summed E-state index contributed by atoms with van der Waals surface area (Å²) >= 11 is 0. The Balaban J connectivity index is 2.36. The molecule has 0 bridgehead atoms. The molecule has 1 aliphatic rings. The van der Waals surface area contributed by atoms with Crippen molar-refractivity contribution in [3.63, 3.8) is 0 Å². The maximum absolute atomic E-state index is 11.4. The third kappa shape index (κ3) is 1.33. The van der Waals surface area contributed by atoms with E-state index in [1.54, 1.807) is 0 Å². The molecule has 1 amide bonds. The first kappa shape index (κ1) is 9.00. The van der Waals surface area contributed by atoms with E-state index in [9.17, 15) is 4.79 Å². The number of hydrogen-bond donors (Lipinski definition) is 1. The number of nitrogens with one attached hydrogen (secondary N) is 1. The summed E-state index contributed by atoms with van der Waals surface area (Å²) in [5.74, 6) is 0.107. The normalized spacial score (nSPS) is 26.4. The largest absolute Gasteiger partial charge is 0.349 e. The molecule has 1 aromatic carbocycles. The molecule has 1 N–H and O–H groups in total. The van der Waals surface area contributed by atoms with Gasteiger partial charge in [-0.2, -0.15) is 0 Å². The lowest BCUT2D eigenvalue weighted by molar-refractivity contribution is -0.116. The number of amides is 1. The van der Waals surface area contributed by atoms with Gasteiger partial charge in [-0.1, -0.05) is 36.9 Å². The van der Waals surface area contributed by atoms with Crippen LogP contribution in [0.15, 0.2) is 42.5 Å². The number of hydrogen-bond acceptors (Lipinski definition) is 1. The Morgan fingerprint density at radius 1 is 1.29 bits per heavy atom. The van der Waals surface area contributed by atoms with Crippen LogP contribution in [0.1, 0.15) is 18.4 Å². The van der Waals surface area contributed by atoms with Crippen molar-refractivity contribution in [1.82, 2.24) is 5.32 Å². The molecule has 14 heavy (non-hydrogen) atoms. The van der Waals surface area contributed by atoms with Crippen LogP contribution in [-0.4, -0.2) is 11.9 Å². The lowest BCUT2D eigenvalue weighted by Gasteiger charge is -2.14. The molecule has 2 unspecified atom stereocenters. The highest BCUT2D eigenvalue weighted by molar-refractivity contribution is 5.97. The zero-order valence-corrected chi connectivity index (χ0v) is 8.16. The maximum atomic E-state index is 11.4. The average molecular weight is 187 g/mol. The molecule has 1 heterocycles. The third-order valence-corrected chi connectivity index (χ3v) is 2.68. The van der Waals surface area contributed by atoms with Gasteiger partial charge in [-0.15, -0.1) is 0 Å². The molecule has 0 saturated carbocycles. The molecule has 2 heteroatoms. The second-order valence-corrected chi connectivity index (χ2v) is 3.68. The highest BCUT2D eigenvalue weighted by Crippen LogP contribution is 2.31. The number of benzene rings is 1. The van der Waals surface area contributed by atoms with E-state index in [2.05, 4.69) is 11.9 Å². The summed E-state index contributed by atoms with van der Waals surface area (Å²) < 4.78 is 0. The van der Waals surface area contributed by atoms with Crippen LogP contribution in [-0.2, 0) is 4.79 Å². The van der Waals surface area contributed by atoms with Crippen LogP contribution in [0.25, 0.3) is 0 Å². The SMILES string of the molecule is C=C1C(=O)NC(C)C1c1ccccc1. The first-order valence-corrected chi connectivity index (χ1v) is 4.75. The van der Waals surface area contributed by atoms with Crippen LogP contribution in [0, 0.1) is 0 Å². The van der Waals surface area contributed by atoms with E-state index in [-0.39, 0.29) is 17.9 Å². The van der Waals surface area contributed by atoms with Gasteiger partial charge >= 0.3 is 0 Å². The topological polar surface area (TPSA) is 29.1 Å². The lowest BCUT2D eigenvalue weighted by atomic mass is 9.90. The molecular weight excluding hydrogens is 174 g/mol. The Labute approximate surface area is 83.6 Å². The first-order chi connectivity index (χ1) is 6.70. The van der Waals surface area contributed by atoms with Crippen molar-refractivity contribution >= 4 is 5.91 Å². The highest BCUT2D eigenvalue weighted by Gasteiger charge is 2.33. The van der Waals surface area contributed by atoms with Crippen LogP contribution < -0.4 is 5.32 Å². The molecular formula is C12H13NO. The molecule has 2 atom stereocenters. The van der Waals surface area contributed by atoms with E-state index in [0.717, 1.165) is 5.56 Å². The summed E-state index contributed by atoms with van der Waals surface area (Å²) in [5.41, 5.74) is 1.83. The fourth-order valence-electron chi connectivity index (χ4n) is 1.98. The molecule has 2 nitrogen and oxygen atoms in total. The Bertz CT molecular complexity index is 369. The van der Waals surface area contributed by atoms with Crippen molar-refractivity contribution < 1.29 is 4.79 Å². The first-order valence-electron chi connectivity index (χ1n) is 4.75. The van der Waals surface area contributed by atoms with Crippen molar-refractivity contribution in [1.29, 1.82) is 0 Å². The second-order valence-electron chi connectivity index (χ2n) is 3.68. The Kier molecular flexibility index (Phi) is 2.12. The third-order valence-electron chi connectivity index (χ3n) is 2.68. The molecule has 1 aliphatic heterocycles. The Hall–Kier alpha value is -1.57. The number of rotatable bonds is 1. The van der Waals surface area contributed by atoms with Gasteiger partial charge in [0, 0.05) is 17.5 Å². The van der Waals surface area contributed by atoms with Crippen LogP contribution >= 0.6 is 0 Å². The standard InChI is InChI=1S/C12H13NO/c1-8-11(9(2)13-12(8)14)10-6-4-3-5-7-10/h3-7,9,11H,1H2,2H3,(H,13,14). The van der Waals surface area contributed by atoms with Gasteiger partial charge in [-0.3, -0.25) is 4.79 Å². The monoisotopic (exact) mass is 187 g/mol. The molecule has 0 radical (unpaired) electrons. The Morgan fingerprint density at radius 2 is 1.93 bits per heavy atom. The van der Waals surface area contributed by atoms with Crippen molar-refractivity contribution in [2.24, 2.45) is 0 Å². The predicted octanol–water partition coefficient (Wildman–Crippen LogP) is 1.84. The Morgan fingerprint density at radius 3 is 2.43 bits per heavy atom. The second kappa shape index (κ2) is 3.29. The zero-order valence-electron chi connectivity index (χ0n) is 8.16. The van der Waals surface area contributed by atoms with E-state index >= 15 is 0 Å². The summed E-state index contributed by atoms with van der Waals surface area (Å²) in [7, 11) is 0. The van der Waals surface area contributed by atoms with Gasteiger partial charge in [0.05, 0.1) is 0 Å². The van der Waals surface area contributed by atoms with E-state index in [1.165, 1.54) is 0 Å². The van der Waals surface area contributed by atoms with Crippen LogP contribution in [0.5, 0.6) is 0 Å². The summed E-state index contributed by atoms with van der Waals surface area (Å²) in [5, 5.41) is 2.88. The van der Waals surface area contributed by atoms with E-state index in [0.29, 0.717) is 5.57 Å². The minimum absolute atomic E-state index is 0.0219. The van der Waals surface area contributed by atoms with Crippen LogP contribution in [0.4, 0.5) is 0 Å². The van der Waals surface area contributed by atoms with E-state index in [4.69, 9.17) is 0 Å². The average Bonchev–Trinajstić information content (AvgIpc) is 2.43. The highest BCUT2D eigenvalue weighted by atomic mass is 16.2. The van der Waals surface area contributed by atoms with Gasteiger partial charge in [0.1, 0.15) is 0 Å². The summed E-state index contributed by atoms with van der Waals surface area (Å²) in [6.07, 6.45) is 0. The van der Waals surface area contributed by atoms with Gasteiger partial charge < -0.3 is 5.32 Å². The van der Waals surface area contributed by atoms with Crippen molar-refractivity contribution in [3.05, 3.63) is 48.0 Å². The zero-order chi connectivity index (χ0) is 10.1. The molecule has 0 aliphatic carbocycles.